The first-order chi connectivity index (χ1) is 14.6. The van der Waals surface area contributed by atoms with Crippen molar-refractivity contribution in [1.82, 2.24) is 19.7 Å². The SMILES string of the molecule is Cc1ccc(N2C[C@@H]3C[C@H](C2)c2ccc(CN4C[C@H]5COC[C@H]5C4)c(=O)n2C3)nn1. The molecule has 2 bridgehead atoms. The zero-order valence-electron chi connectivity index (χ0n) is 17.5. The number of aromatic nitrogens is 3. The number of aryl methyl sites for hydroxylation is 1. The molecule has 0 amide bonds. The molecule has 4 aliphatic rings. The van der Waals surface area contributed by atoms with E-state index in [0.717, 1.165) is 76.0 Å². The number of anilines is 1. The van der Waals surface area contributed by atoms with Gasteiger partial charge in [-0.25, -0.2) is 0 Å². The summed E-state index contributed by atoms with van der Waals surface area (Å²) in [5.41, 5.74) is 3.30. The van der Waals surface area contributed by atoms with E-state index in [0.29, 0.717) is 23.7 Å². The van der Waals surface area contributed by atoms with Crippen LogP contribution in [0, 0.1) is 24.7 Å². The van der Waals surface area contributed by atoms with Gasteiger partial charge in [-0.2, -0.15) is 5.10 Å². The molecule has 30 heavy (non-hydrogen) atoms. The lowest BCUT2D eigenvalue weighted by Crippen LogP contribution is -2.48. The number of piperidine rings is 1. The van der Waals surface area contributed by atoms with E-state index in [9.17, 15) is 4.79 Å². The summed E-state index contributed by atoms with van der Waals surface area (Å²) in [6.07, 6.45) is 1.16. The van der Waals surface area contributed by atoms with Gasteiger partial charge in [-0.15, -0.1) is 5.10 Å². The topological polar surface area (TPSA) is 63.5 Å². The number of fused-ring (bicyclic) bond motifs is 5. The summed E-state index contributed by atoms with van der Waals surface area (Å²) in [5.74, 6) is 3.12. The van der Waals surface area contributed by atoms with Crippen molar-refractivity contribution in [3.63, 3.8) is 0 Å². The maximum Gasteiger partial charge on any atom is 0.255 e. The van der Waals surface area contributed by atoms with Crippen LogP contribution < -0.4 is 10.5 Å². The Labute approximate surface area is 176 Å². The molecule has 0 spiro atoms. The Hall–Kier alpha value is -2.25. The molecule has 4 aliphatic heterocycles. The Balaban J connectivity index is 1.22. The first-order valence-electron chi connectivity index (χ1n) is 11.2. The molecule has 0 saturated carbocycles. The molecule has 2 aromatic heterocycles. The predicted molar refractivity (Wildman–Crippen MR) is 114 cm³/mol. The third kappa shape index (κ3) is 3.15. The van der Waals surface area contributed by atoms with E-state index in [1.54, 1.807) is 0 Å². The fourth-order valence-electron chi connectivity index (χ4n) is 6.01. The first-order valence-corrected chi connectivity index (χ1v) is 11.2. The molecule has 7 heteroatoms. The number of likely N-dealkylation sites (tertiary alicyclic amines) is 1. The molecule has 0 unspecified atom stereocenters. The summed E-state index contributed by atoms with van der Waals surface area (Å²) in [7, 11) is 0. The lowest BCUT2D eigenvalue weighted by atomic mass is 9.83. The van der Waals surface area contributed by atoms with Crippen LogP contribution in [0.25, 0.3) is 0 Å². The molecule has 6 rings (SSSR count). The normalized spacial score (nSPS) is 30.4. The van der Waals surface area contributed by atoms with E-state index in [2.05, 4.69) is 42.8 Å². The van der Waals surface area contributed by atoms with Gasteiger partial charge in [-0.3, -0.25) is 9.69 Å². The maximum absolute atomic E-state index is 13.3. The Morgan fingerprint density at radius 1 is 1.00 bits per heavy atom. The molecule has 0 aromatic carbocycles. The monoisotopic (exact) mass is 407 g/mol. The van der Waals surface area contributed by atoms with Crippen LogP contribution in [0.2, 0.25) is 0 Å². The summed E-state index contributed by atoms with van der Waals surface area (Å²) in [5, 5.41) is 8.62. The summed E-state index contributed by atoms with van der Waals surface area (Å²) in [6.45, 7) is 9.28. The largest absolute Gasteiger partial charge is 0.381 e. The number of pyridine rings is 1. The van der Waals surface area contributed by atoms with Crippen LogP contribution in [0.1, 0.15) is 29.3 Å². The van der Waals surface area contributed by atoms with Crippen LogP contribution >= 0.6 is 0 Å². The second-order valence-electron chi connectivity index (χ2n) is 9.69. The second kappa shape index (κ2) is 7.17. The van der Waals surface area contributed by atoms with Crippen LogP contribution in [0.4, 0.5) is 5.82 Å². The highest BCUT2D eigenvalue weighted by molar-refractivity contribution is 5.40. The van der Waals surface area contributed by atoms with Crippen molar-refractivity contribution in [3.8, 4) is 0 Å². The standard InChI is InChI=1S/C23H29N5O2/c1-15-2-5-22(25-24-15)27-7-16-6-18(12-27)21-4-3-17(23(29)28(21)8-16)9-26-10-19-13-30-14-20(19)11-26/h2-5,16,18-20H,6-14H2,1H3/t16-,18+,19-,20+/m0/s1. The summed E-state index contributed by atoms with van der Waals surface area (Å²) in [6, 6.07) is 8.39. The van der Waals surface area contributed by atoms with Crippen molar-refractivity contribution >= 4 is 5.82 Å². The highest BCUT2D eigenvalue weighted by Gasteiger charge is 2.38. The second-order valence-corrected chi connectivity index (χ2v) is 9.69. The molecule has 0 aliphatic carbocycles. The van der Waals surface area contributed by atoms with Crippen molar-refractivity contribution in [1.29, 1.82) is 0 Å². The van der Waals surface area contributed by atoms with Gasteiger partial charge in [-0.1, -0.05) is 6.07 Å². The maximum atomic E-state index is 13.3. The van der Waals surface area contributed by atoms with Gasteiger partial charge in [0.2, 0.25) is 0 Å². The molecule has 0 N–H and O–H groups in total. The fraction of sp³-hybridized carbons (Fsp3) is 0.609. The van der Waals surface area contributed by atoms with Gasteiger partial charge < -0.3 is 14.2 Å². The molecule has 3 saturated heterocycles. The third-order valence-corrected chi connectivity index (χ3v) is 7.50. The minimum absolute atomic E-state index is 0.221. The van der Waals surface area contributed by atoms with E-state index in [4.69, 9.17) is 4.74 Å². The van der Waals surface area contributed by atoms with E-state index in [1.165, 1.54) is 5.69 Å². The van der Waals surface area contributed by atoms with Gasteiger partial charge in [0.25, 0.3) is 5.56 Å². The number of nitrogens with zero attached hydrogens (tertiary/aromatic N) is 5. The Bertz CT molecular complexity index is 992. The lowest BCUT2D eigenvalue weighted by molar-refractivity contribution is 0.152. The molecule has 2 aromatic rings. The lowest BCUT2D eigenvalue weighted by Gasteiger charge is -2.43. The summed E-state index contributed by atoms with van der Waals surface area (Å²) >= 11 is 0. The Kier molecular flexibility index (Phi) is 4.42. The van der Waals surface area contributed by atoms with Gasteiger partial charge >= 0.3 is 0 Å². The van der Waals surface area contributed by atoms with Crippen LogP contribution in [-0.2, 0) is 17.8 Å². The molecule has 0 radical (unpaired) electrons. The zero-order valence-corrected chi connectivity index (χ0v) is 17.5. The molecule has 4 atom stereocenters. The highest BCUT2D eigenvalue weighted by atomic mass is 16.5. The predicted octanol–water partition coefficient (Wildman–Crippen LogP) is 1.65. The Morgan fingerprint density at radius 2 is 1.83 bits per heavy atom. The minimum atomic E-state index is 0.221. The van der Waals surface area contributed by atoms with Gasteiger partial charge in [-0.05, 0) is 37.5 Å². The van der Waals surface area contributed by atoms with Crippen molar-refractivity contribution in [3.05, 3.63) is 51.6 Å². The summed E-state index contributed by atoms with van der Waals surface area (Å²) < 4.78 is 7.67. The van der Waals surface area contributed by atoms with Crippen molar-refractivity contribution in [2.24, 2.45) is 17.8 Å². The molecular formula is C23H29N5O2. The number of hydrogen-bond acceptors (Lipinski definition) is 6. The molecule has 158 valence electrons. The molecular weight excluding hydrogens is 378 g/mol. The quantitative estimate of drug-likeness (QED) is 0.771. The fourth-order valence-corrected chi connectivity index (χ4v) is 6.01. The van der Waals surface area contributed by atoms with Crippen LogP contribution in [0.15, 0.2) is 29.1 Å². The van der Waals surface area contributed by atoms with Crippen LogP contribution in [0.3, 0.4) is 0 Å². The molecule has 7 nitrogen and oxygen atoms in total. The van der Waals surface area contributed by atoms with E-state index in [-0.39, 0.29) is 5.56 Å². The van der Waals surface area contributed by atoms with E-state index < -0.39 is 0 Å². The Morgan fingerprint density at radius 3 is 2.60 bits per heavy atom. The zero-order chi connectivity index (χ0) is 20.2. The van der Waals surface area contributed by atoms with Crippen molar-refractivity contribution < 1.29 is 4.74 Å². The summed E-state index contributed by atoms with van der Waals surface area (Å²) in [4.78, 5) is 18.1. The minimum Gasteiger partial charge on any atom is -0.381 e. The average molecular weight is 408 g/mol. The van der Waals surface area contributed by atoms with Gasteiger partial charge in [0.15, 0.2) is 5.82 Å². The van der Waals surface area contributed by atoms with Gasteiger partial charge in [0.05, 0.1) is 18.9 Å². The van der Waals surface area contributed by atoms with Crippen molar-refractivity contribution in [2.45, 2.75) is 32.4 Å². The van der Waals surface area contributed by atoms with E-state index >= 15 is 0 Å². The number of hydrogen-bond donors (Lipinski definition) is 0. The smallest absolute Gasteiger partial charge is 0.255 e. The average Bonchev–Trinajstić information content (AvgIpc) is 3.33. The van der Waals surface area contributed by atoms with E-state index in [1.807, 2.05) is 13.0 Å². The highest BCUT2D eigenvalue weighted by Crippen LogP contribution is 2.37. The van der Waals surface area contributed by atoms with Gasteiger partial charge in [0.1, 0.15) is 0 Å². The van der Waals surface area contributed by atoms with Gasteiger partial charge in [0, 0.05) is 68.3 Å². The number of ether oxygens (including phenoxy) is 1. The number of rotatable bonds is 3. The van der Waals surface area contributed by atoms with Crippen LogP contribution in [-0.4, -0.2) is 59.1 Å². The third-order valence-electron chi connectivity index (χ3n) is 7.50. The van der Waals surface area contributed by atoms with Crippen molar-refractivity contribution in [2.75, 3.05) is 44.3 Å². The van der Waals surface area contributed by atoms with Crippen LogP contribution in [0.5, 0.6) is 0 Å². The first kappa shape index (κ1) is 18.5. The molecule has 6 heterocycles. The molecule has 3 fully saturated rings.